The van der Waals surface area contributed by atoms with Crippen LogP contribution in [0.15, 0.2) is 24.3 Å². The van der Waals surface area contributed by atoms with Gasteiger partial charge in [-0.2, -0.15) is 0 Å². The Morgan fingerprint density at radius 1 is 1.11 bits per heavy atom. The molecule has 0 aliphatic rings. The summed E-state index contributed by atoms with van der Waals surface area (Å²) in [6, 6.07) is 8.84. The lowest BCUT2D eigenvalue weighted by atomic mass is 9.94. The first-order valence-electron chi connectivity index (χ1n) is 7.15. The molecule has 18 heavy (non-hydrogen) atoms. The van der Waals surface area contributed by atoms with Crippen molar-refractivity contribution in [1.29, 1.82) is 0 Å². The highest BCUT2D eigenvalue weighted by atomic mass is 16.5. The molecule has 0 aliphatic heterocycles. The van der Waals surface area contributed by atoms with Crippen LogP contribution in [0.3, 0.4) is 0 Å². The number of hydrogen-bond donors (Lipinski definition) is 1. The molecule has 1 rings (SSSR count). The van der Waals surface area contributed by atoms with Crippen LogP contribution in [-0.2, 0) is 0 Å². The summed E-state index contributed by atoms with van der Waals surface area (Å²) in [5, 5.41) is 0. The molecule has 2 heteroatoms. The van der Waals surface area contributed by atoms with Crippen LogP contribution in [0.5, 0.6) is 5.75 Å². The summed E-state index contributed by atoms with van der Waals surface area (Å²) >= 11 is 0. The summed E-state index contributed by atoms with van der Waals surface area (Å²) in [5.41, 5.74) is 7.34. The van der Waals surface area contributed by atoms with Gasteiger partial charge in [-0.25, -0.2) is 0 Å². The van der Waals surface area contributed by atoms with E-state index in [1.807, 2.05) is 0 Å². The van der Waals surface area contributed by atoms with Gasteiger partial charge in [-0.1, -0.05) is 32.9 Å². The molecule has 0 fully saturated rings. The molecule has 0 aromatic heterocycles. The Hall–Kier alpha value is -1.02. The SMILES string of the molecule is CCCOc1ccc(C(C)CCC(N)CC)cc1. The second-order valence-electron chi connectivity index (χ2n) is 5.06. The first kappa shape index (κ1) is 15.0. The van der Waals surface area contributed by atoms with Crippen LogP contribution in [0, 0.1) is 0 Å². The third-order valence-electron chi connectivity index (χ3n) is 3.42. The van der Waals surface area contributed by atoms with Crippen molar-refractivity contribution < 1.29 is 4.74 Å². The Bertz CT molecular complexity index is 320. The Labute approximate surface area is 112 Å². The fraction of sp³-hybridized carbons (Fsp3) is 0.625. The van der Waals surface area contributed by atoms with Crippen LogP contribution >= 0.6 is 0 Å². The average molecular weight is 249 g/mol. The van der Waals surface area contributed by atoms with Gasteiger partial charge >= 0.3 is 0 Å². The Morgan fingerprint density at radius 3 is 2.33 bits per heavy atom. The van der Waals surface area contributed by atoms with E-state index < -0.39 is 0 Å². The van der Waals surface area contributed by atoms with Crippen molar-refractivity contribution in [2.45, 2.75) is 58.4 Å². The van der Waals surface area contributed by atoms with Gasteiger partial charge in [-0.05, 0) is 49.3 Å². The van der Waals surface area contributed by atoms with E-state index in [1.54, 1.807) is 0 Å². The summed E-state index contributed by atoms with van der Waals surface area (Å²) in [6.45, 7) is 7.33. The van der Waals surface area contributed by atoms with Crippen molar-refractivity contribution in [1.82, 2.24) is 0 Å². The van der Waals surface area contributed by atoms with Crippen LogP contribution in [0.1, 0.15) is 57.9 Å². The minimum absolute atomic E-state index is 0.347. The van der Waals surface area contributed by atoms with Gasteiger partial charge in [-0.15, -0.1) is 0 Å². The van der Waals surface area contributed by atoms with Gasteiger partial charge in [0.1, 0.15) is 5.75 Å². The van der Waals surface area contributed by atoms with Crippen LogP contribution in [0.4, 0.5) is 0 Å². The third-order valence-corrected chi connectivity index (χ3v) is 3.42. The number of rotatable bonds is 8. The van der Waals surface area contributed by atoms with Gasteiger partial charge in [-0.3, -0.25) is 0 Å². The maximum absolute atomic E-state index is 5.96. The molecule has 2 unspecified atom stereocenters. The molecular weight excluding hydrogens is 222 g/mol. The summed E-state index contributed by atoms with van der Waals surface area (Å²) < 4.78 is 5.59. The van der Waals surface area contributed by atoms with E-state index in [4.69, 9.17) is 10.5 Å². The van der Waals surface area contributed by atoms with Gasteiger partial charge in [0.25, 0.3) is 0 Å². The zero-order valence-corrected chi connectivity index (χ0v) is 12.0. The van der Waals surface area contributed by atoms with Crippen LogP contribution in [-0.4, -0.2) is 12.6 Å². The molecule has 0 bridgehead atoms. The molecule has 0 aliphatic carbocycles. The minimum Gasteiger partial charge on any atom is -0.494 e. The maximum Gasteiger partial charge on any atom is 0.119 e. The average Bonchev–Trinajstić information content (AvgIpc) is 2.42. The van der Waals surface area contributed by atoms with E-state index in [1.165, 1.54) is 5.56 Å². The number of benzene rings is 1. The normalized spacial score (nSPS) is 14.2. The summed E-state index contributed by atoms with van der Waals surface area (Å²) in [5.74, 6) is 1.54. The topological polar surface area (TPSA) is 35.2 Å². The van der Waals surface area contributed by atoms with E-state index in [0.29, 0.717) is 12.0 Å². The van der Waals surface area contributed by atoms with E-state index >= 15 is 0 Å². The summed E-state index contributed by atoms with van der Waals surface area (Å²) in [6.07, 6.45) is 4.37. The van der Waals surface area contributed by atoms with Crippen molar-refractivity contribution in [3.63, 3.8) is 0 Å². The lowest BCUT2D eigenvalue weighted by molar-refractivity contribution is 0.317. The van der Waals surface area contributed by atoms with Crippen molar-refractivity contribution in [3.05, 3.63) is 29.8 Å². The fourth-order valence-corrected chi connectivity index (χ4v) is 1.95. The highest BCUT2D eigenvalue weighted by Gasteiger charge is 2.08. The van der Waals surface area contributed by atoms with Gasteiger partial charge in [0, 0.05) is 6.04 Å². The first-order valence-corrected chi connectivity index (χ1v) is 7.15. The van der Waals surface area contributed by atoms with Gasteiger partial charge in [0.05, 0.1) is 6.61 Å². The van der Waals surface area contributed by atoms with Gasteiger partial charge in [0.15, 0.2) is 0 Å². The summed E-state index contributed by atoms with van der Waals surface area (Å²) in [4.78, 5) is 0. The molecule has 0 heterocycles. The van der Waals surface area contributed by atoms with Gasteiger partial charge in [0.2, 0.25) is 0 Å². The van der Waals surface area contributed by atoms with Crippen LogP contribution < -0.4 is 10.5 Å². The molecule has 2 atom stereocenters. The lowest BCUT2D eigenvalue weighted by Gasteiger charge is -2.15. The Kier molecular flexibility index (Phi) is 6.81. The minimum atomic E-state index is 0.347. The predicted molar refractivity (Wildman–Crippen MR) is 78.1 cm³/mol. The molecule has 0 saturated heterocycles. The molecule has 0 amide bonds. The van der Waals surface area contributed by atoms with E-state index in [-0.39, 0.29) is 0 Å². The fourth-order valence-electron chi connectivity index (χ4n) is 1.95. The monoisotopic (exact) mass is 249 g/mol. The summed E-state index contributed by atoms with van der Waals surface area (Å²) in [7, 11) is 0. The second-order valence-corrected chi connectivity index (χ2v) is 5.06. The molecule has 0 radical (unpaired) electrons. The molecule has 1 aromatic rings. The third kappa shape index (κ3) is 5.09. The van der Waals surface area contributed by atoms with E-state index in [2.05, 4.69) is 45.0 Å². The predicted octanol–water partition coefficient (Wildman–Crippen LogP) is 4.10. The largest absolute Gasteiger partial charge is 0.494 e. The molecule has 2 N–H and O–H groups in total. The van der Waals surface area contributed by atoms with Crippen LogP contribution in [0.25, 0.3) is 0 Å². The number of nitrogens with two attached hydrogens (primary N) is 1. The highest BCUT2D eigenvalue weighted by molar-refractivity contribution is 5.29. The molecule has 102 valence electrons. The molecule has 0 saturated carbocycles. The quantitative estimate of drug-likeness (QED) is 0.753. The Morgan fingerprint density at radius 2 is 1.78 bits per heavy atom. The smallest absolute Gasteiger partial charge is 0.119 e. The first-order chi connectivity index (χ1) is 8.67. The highest BCUT2D eigenvalue weighted by Crippen LogP contribution is 2.23. The van der Waals surface area contributed by atoms with Crippen molar-refractivity contribution in [2.24, 2.45) is 5.73 Å². The standard InChI is InChI=1S/C16H27NO/c1-4-12-18-16-10-7-14(8-11-16)13(3)6-9-15(17)5-2/h7-8,10-11,13,15H,4-6,9,12,17H2,1-3H3. The van der Waals surface area contributed by atoms with Crippen molar-refractivity contribution in [3.8, 4) is 5.75 Å². The maximum atomic E-state index is 5.96. The van der Waals surface area contributed by atoms with Crippen molar-refractivity contribution >= 4 is 0 Å². The molecule has 2 nitrogen and oxygen atoms in total. The van der Waals surface area contributed by atoms with Crippen molar-refractivity contribution in [2.75, 3.05) is 6.61 Å². The molecular formula is C16H27NO. The molecule has 0 spiro atoms. The lowest BCUT2D eigenvalue weighted by Crippen LogP contribution is -2.18. The zero-order chi connectivity index (χ0) is 13.4. The number of ether oxygens (including phenoxy) is 1. The second kappa shape index (κ2) is 8.15. The van der Waals surface area contributed by atoms with Crippen LogP contribution in [0.2, 0.25) is 0 Å². The molecule has 1 aromatic carbocycles. The van der Waals surface area contributed by atoms with E-state index in [0.717, 1.165) is 38.0 Å². The number of hydrogen-bond acceptors (Lipinski definition) is 2. The Balaban J connectivity index is 2.45. The van der Waals surface area contributed by atoms with Gasteiger partial charge < -0.3 is 10.5 Å². The van der Waals surface area contributed by atoms with E-state index in [9.17, 15) is 0 Å². The zero-order valence-electron chi connectivity index (χ0n) is 12.0.